The summed E-state index contributed by atoms with van der Waals surface area (Å²) in [5.74, 6) is 4.58. The monoisotopic (exact) mass is 379 g/mol. The number of nitrogens with zero attached hydrogens (tertiary/aromatic N) is 1. The van der Waals surface area contributed by atoms with Gasteiger partial charge in [0, 0.05) is 6.20 Å². The van der Waals surface area contributed by atoms with Crippen molar-refractivity contribution in [1.29, 1.82) is 0 Å². The SMILES string of the molecule is COc1cncc(C2=CCC3[C@@H]4CCC5CCCCC[C@]5(C)C4CC[C@]23C)c1. The molecule has 0 spiro atoms. The Morgan fingerprint density at radius 2 is 1.86 bits per heavy atom. The van der Waals surface area contributed by atoms with Gasteiger partial charge in [0.05, 0.1) is 13.3 Å². The molecule has 0 amide bonds. The summed E-state index contributed by atoms with van der Waals surface area (Å²) in [5, 5.41) is 0. The average Bonchev–Trinajstić information content (AvgIpc) is 2.94. The summed E-state index contributed by atoms with van der Waals surface area (Å²) in [6.07, 6.45) is 20.9. The summed E-state index contributed by atoms with van der Waals surface area (Å²) in [6, 6.07) is 2.20. The van der Waals surface area contributed by atoms with Gasteiger partial charge < -0.3 is 4.74 Å². The highest BCUT2D eigenvalue weighted by Crippen LogP contribution is 2.67. The van der Waals surface area contributed by atoms with E-state index in [4.69, 9.17) is 4.74 Å². The third-order valence-corrected chi connectivity index (χ3v) is 9.67. The summed E-state index contributed by atoms with van der Waals surface area (Å²) in [7, 11) is 1.74. The lowest BCUT2D eigenvalue weighted by Gasteiger charge is -2.59. The Morgan fingerprint density at radius 1 is 0.964 bits per heavy atom. The van der Waals surface area contributed by atoms with Crippen LogP contribution in [0.15, 0.2) is 24.5 Å². The zero-order valence-corrected chi connectivity index (χ0v) is 18.0. The van der Waals surface area contributed by atoms with Gasteiger partial charge in [-0.2, -0.15) is 0 Å². The molecule has 2 heteroatoms. The number of fused-ring (bicyclic) bond motifs is 5. The lowest BCUT2D eigenvalue weighted by Crippen LogP contribution is -2.51. The number of ether oxygens (including phenoxy) is 1. The maximum Gasteiger partial charge on any atom is 0.137 e. The number of rotatable bonds is 2. The van der Waals surface area contributed by atoms with Crippen molar-refractivity contribution in [2.45, 2.75) is 78.1 Å². The minimum atomic E-state index is 0.323. The van der Waals surface area contributed by atoms with Crippen LogP contribution in [-0.2, 0) is 0 Å². The Labute approximate surface area is 171 Å². The highest BCUT2D eigenvalue weighted by molar-refractivity contribution is 5.73. The van der Waals surface area contributed by atoms with Crippen molar-refractivity contribution >= 4 is 5.57 Å². The Hall–Kier alpha value is -1.31. The van der Waals surface area contributed by atoms with Gasteiger partial charge in [-0.25, -0.2) is 0 Å². The molecular weight excluding hydrogens is 342 g/mol. The largest absolute Gasteiger partial charge is 0.495 e. The van der Waals surface area contributed by atoms with E-state index in [-0.39, 0.29) is 0 Å². The van der Waals surface area contributed by atoms with E-state index in [9.17, 15) is 0 Å². The van der Waals surface area contributed by atoms with Gasteiger partial charge in [-0.3, -0.25) is 4.98 Å². The van der Waals surface area contributed by atoms with E-state index < -0.39 is 0 Å². The number of hydrogen-bond acceptors (Lipinski definition) is 2. The smallest absolute Gasteiger partial charge is 0.137 e. The summed E-state index contributed by atoms with van der Waals surface area (Å²) in [5.41, 5.74) is 3.78. The van der Waals surface area contributed by atoms with E-state index in [0.717, 1.165) is 29.4 Å². The topological polar surface area (TPSA) is 22.1 Å². The van der Waals surface area contributed by atoms with Crippen LogP contribution < -0.4 is 4.74 Å². The van der Waals surface area contributed by atoms with Crippen molar-refractivity contribution in [3.63, 3.8) is 0 Å². The van der Waals surface area contributed by atoms with Gasteiger partial charge in [0.1, 0.15) is 5.75 Å². The van der Waals surface area contributed by atoms with Crippen LogP contribution in [-0.4, -0.2) is 12.1 Å². The van der Waals surface area contributed by atoms with Gasteiger partial charge in [0.2, 0.25) is 0 Å². The minimum Gasteiger partial charge on any atom is -0.495 e. The summed E-state index contributed by atoms with van der Waals surface area (Å²) >= 11 is 0. The van der Waals surface area contributed by atoms with Gasteiger partial charge in [-0.1, -0.05) is 39.2 Å². The van der Waals surface area contributed by atoms with Gasteiger partial charge in [0.25, 0.3) is 0 Å². The molecule has 6 atom stereocenters. The molecule has 4 aliphatic carbocycles. The first-order valence-corrected chi connectivity index (χ1v) is 11.8. The molecule has 3 fully saturated rings. The van der Waals surface area contributed by atoms with E-state index in [1.54, 1.807) is 12.7 Å². The van der Waals surface area contributed by atoms with Crippen LogP contribution in [0.2, 0.25) is 0 Å². The van der Waals surface area contributed by atoms with Crippen LogP contribution in [0.5, 0.6) is 5.75 Å². The summed E-state index contributed by atoms with van der Waals surface area (Å²) < 4.78 is 5.46. The van der Waals surface area contributed by atoms with E-state index in [2.05, 4.69) is 37.2 Å². The second-order valence-corrected chi connectivity index (χ2v) is 10.7. The molecule has 28 heavy (non-hydrogen) atoms. The molecule has 3 unspecified atom stereocenters. The van der Waals surface area contributed by atoms with E-state index >= 15 is 0 Å². The number of pyridine rings is 1. The predicted molar refractivity (Wildman–Crippen MR) is 115 cm³/mol. The second kappa shape index (κ2) is 6.89. The molecule has 3 saturated carbocycles. The second-order valence-electron chi connectivity index (χ2n) is 10.7. The predicted octanol–water partition coefficient (Wildman–Crippen LogP) is 6.91. The van der Waals surface area contributed by atoms with Crippen LogP contribution in [0.25, 0.3) is 5.57 Å². The summed E-state index contributed by atoms with van der Waals surface area (Å²) in [6.45, 7) is 5.26. The Kier molecular flexibility index (Phi) is 4.60. The Morgan fingerprint density at radius 3 is 2.71 bits per heavy atom. The molecule has 2 nitrogen and oxygen atoms in total. The first-order chi connectivity index (χ1) is 13.6. The molecule has 1 aromatic rings. The van der Waals surface area contributed by atoms with Gasteiger partial charge in [0.15, 0.2) is 0 Å². The number of methoxy groups -OCH3 is 1. The molecule has 1 heterocycles. The maximum absolute atomic E-state index is 5.46. The van der Waals surface area contributed by atoms with Crippen LogP contribution in [0.3, 0.4) is 0 Å². The Balaban J connectivity index is 1.44. The van der Waals surface area contributed by atoms with Gasteiger partial charge in [-0.05, 0) is 96.7 Å². The molecule has 0 aromatic carbocycles. The first-order valence-electron chi connectivity index (χ1n) is 11.8. The van der Waals surface area contributed by atoms with E-state index in [1.165, 1.54) is 69.8 Å². The van der Waals surface area contributed by atoms with Crippen molar-refractivity contribution in [2.24, 2.45) is 34.5 Å². The average molecular weight is 380 g/mol. The van der Waals surface area contributed by atoms with Crippen LogP contribution in [0, 0.1) is 34.5 Å². The molecule has 0 N–H and O–H groups in total. The van der Waals surface area contributed by atoms with Crippen LogP contribution >= 0.6 is 0 Å². The zero-order valence-electron chi connectivity index (χ0n) is 18.0. The number of aromatic nitrogens is 1. The van der Waals surface area contributed by atoms with Crippen molar-refractivity contribution in [1.82, 2.24) is 4.98 Å². The van der Waals surface area contributed by atoms with Gasteiger partial charge >= 0.3 is 0 Å². The lowest BCUT2D eigenvalue weighted by atomic mass is 9.46. The molecule has 1 aromatic heterocycles. The fourth-order valence-electron chi connectivity index (χ4n) is 8.16. The van der Waals surface area contributed by atoms with Crippen molar-refractivity contribution < 1.29 is 4.74 Å². The highest BCUT2D eigenvalue weighted by Gasteiger charge is 2.57. The molecule has 5 rings (SSSR count). The highest BCUT2D eigenvalue weighted by atomic mass is 16.5. The van der Waals surface area contributed by atoms with Crippen LogP contribution in [0.1, 0.15) is 83.6 Å². The van der Waals surface area contributed by atoms with E-state index in [0.29, 0.717) is 10.8 Å². The number of hydrogen-bond donors (Lipinski definition) is 0. The third kappa shape index (κ3) is 2.70. The Bertz CT molecular complexity index is 769. The van der Waals surface area contributed by atoms with E-state index in [1.807, 2.05) is 6.20 Å². The van der Waals surface area contributed by atoms with Crippen molar-refractivity contribution in [3.8, 4) is 5.75 Å². The van der Waals surface area contributed by atoms with Crippen molar-refractivity contribution in [2.75, 3.05) is 7.11 Å². The number of allylic oxidation sites excluding steroid dienone is 2. The van der Waals surface area contributed by atoms with Crippen molar-refractivity contribution in [3.05, 3.63) is 30.1 Å². The molecule has 0 saturated heterocycles. The lowest BCUT2D eigenvalue weighted by molar-refractivity contribution is -0.0808. The van der Waals surface area contributed by atoms with Crippen LogP contribution in [0.4, 0.5) is 0 Å². The van der Waals surface area contributed by atoms with Gasteiger partial charge in [-0.15, -0.1) is 0 Å². The molecule has 0 radical (unpaired) electrons. The zero-order chi connectivity index (χ0) is 19.4. The molecule has 0 bridgehead atoms. The quantitative estimate of drug-likeness (QED) is 0.557. The normalized spacial score (nSPS) is 42.6. The third-order valence-electron chi connectivity index (χ3n) is 9.67. The fourth-order valence-corrected chi connectivity index (χ4v) is 8.16. The molecule has 0 aliphatic heterocycles. The molecule has 152 valence electrons. The summed E-state index contributed by atoms with van der Waals surface area (Å²) in [4.78, 5) is 4.46. The molecule has 4 aliphatic rings. The minimum absolute atomic E-state index is 0.323. The standard InChI is InChI=1S/C26H37NO/c1-25-13-6-4-5-7-19(25)8-9-21-23-11-10-22(26(23,2)14-12-24(21)25)18-15-20(28-3)17-27-16-18/h10,15-17,19,21,23-24H,4-9,11-14H2,1-3H3/t19?,21-,23?,24?,25-,26+/m0/s1. The fraction of sp³-hybridized carbons (Fsp3) is 0.731. The maximum atomic E-state index is 5.46. The molecular formula is C26H37NO. The first kappa shape index (κ1) is 18.7.